The van der Waals surface area contributed by atoms with Gasteiger partial charge >= 0.3 is 0 Å². The highest BCUT2D eigenvalue weighted by atomic mass is 32.2. The normalized spacial score (nSPS) is 12.5. The van der Waals surface area contributed by atoms with Gasteiger partial charge in [0, 0.05) is 89.1 Å². The molecule has 6 atom stereocenters. The molecular weight excluding hydrogens is 1850 g/mol. The van der Waals surface area contributed by atoms with Crippen molar-refractivity contribution in [2.75, 3.05) is 85.3 Å². The predicted octanol–water partition coefficient (Wildman–Crippen LogP) is 17.3. The Morgan fingerprint density at radius 2 is 0.432 bits per heavy atom. The molecule has 0 heterocycles. The monoisotopic (exact) mass is 1990 g/mol. The molecule has 6 N–H and O–H groups in total. The van der Waals surface area contributed by atoms with Crippen molar-refractivity contribution in [2.24, 2.45) is 0 Å². The number of methoxy groups -OCH3 is 12. The Balaban J connectivity index is -0.000000358. The van der Waals surface area contributed by atoms with E-state index in [1.165, 1.54) is 92.2 Å². The van der Waals surface area contributed by atoms with Gasteiger partial charge in [-0.1, -0.05) is 124 Å². The zero-order valence-corrected chi connectivity index (χ0v) is 88.2. The summed E-state index contributed by atoms with van der Waals surface area (Å²) in [6.45, 7) is 32.1. The van der Waals surface area contributed by atoms with Crippen LogP contribution in [0.3, 0.4) is 0 Å². The Hall–Kier alpha value is -9.60. The number of hydrogen-bond acceptors (Lipinski definition) is 36. The van der Waals surface area contributed by atoms with Crippen LogP contribution in [0.25, 0.3) is 0 Å². The first-order valence-corrected chi connectivity index (χ1v) is 48.5. The van der Waals surface area contributed by atoms with Gasteiger partial charge in [0.1, 0.15) is 75.4 Å². The van der Waals surface area contributed by atoms with Gasteiger partial charge < -0.3 is 115 Å². The second-order valence-electron chi connectivity index (χ2n) is 28.9. The van der Waals surface area contributed by atoms with Crippen molar-refractivity contribution in [3.05, 3.63) is 111 Å². The predicted molar refractivity (Wildman–Crippen MR) is 502 cm³/mol. The lowest BCUT2D eigenvalue weighted by Gasteiger charge is -2.26. The molecule has 0 bridgehead atoms. The van der Waals surface area contributed by atoms with Gasteiger partial charge in [0.05, 0.1) is 100 Å². The van der Waals surface area contributed by atoms with Gasteiger partial charge in [-0.25, -0.2) is 50.5 Å². The largest absolute Gasteiger partial charge is 0.744 e. The average molecular weight is 1990 g/mol. The van der Waals surface area contributed by atoms with Crippen molar-refractivity contribution in [3.63, 3.8) is 0 Å². The van der Waals surface area contributed by atoms with Gasteiger partial charge in [0.15, 0.2) is 69.0 Å². The van der Waals surface area contributed by atoms with Crippen LogP contribution in [0.4, 0.5) is 0 Å². The van der Waals surface area contributed by atoms with E-state index in [-0.39, 0.29) is 244 Å². The molecule has 6 aromatic rings. The van der Waals surface area contributed by atoms with Crippen LogP contribution in [0.5, 0.6) is 103 Å². The second kappa shape index (κ2) is 56.6. The smallest absolute Gasteiger partial charge is 0.204 e. The maximum atomic E-state index is 11.9. The van der Waals surface area contributed by atoms with Crippen molar-refractivity contribution in [1.82, 2.24) is 0 Å². The highest BCUT2D eigenvalue weighted by molar-refractivity contribution is 7.87. The Morgan fingerprint density at radius 3 is 0.682 bits per heavy atom. The van der Waals surface area contributed by atoms with Crippen LogP contribution in [0.2, 0.25) is 0 Å². The van der Waals surface area contributed by atoms with Crippen molar-refractivity contribution in [1.29, 1.82) is 0 Å². The van der Waals surface area contributed by atoms with E-state index in [1.807, 2.05) is 62.3 Å². The Bertz CT molecular complexity index is 5350. The molecule has 0 fully saturated rings. The Labute approximate surface area is 787 Å². The van der Waals surface area contributed by atoms with Crippen LogP contribution in [0, 0.1) is 58.4 Å². The highest BCUT2D eigenvalue weighted by Gasteiger charge is 2.37. The lowest BCUT2D eigenvalue weighted by molar-refractivity contribution is 0.320. The molecule has 0 aromatic heterocycles. The van der Waals surface area contributed by atoms with E-state index in [1.54, 1.807) is 55.4 Å². The van der Waals surface area contributed by atoms with Crippen molar-refractivity contribution in [2.45, 2.75) is 267 Å². The van der Waals surface area contributed by atoms with Gasteiger partial charge in [-0.3, -0.25) is 0 Å². The van der Waals surface area contributed by atoms with Gasteiger partial charge in [0.25, 0.3) is 0 Å². The minimum atomic E-state index is -4.79. The third kappa shape index (κ3) is 29.7. The molecule has 0 amide bonds. The summed E-state index contributed by atoms with van der Waals surface area (Å²) in [5.41, 5.74) is 3.18. The molecule has 42 heteroatoms. The molecule has 6 unspecified atom stereocenters. The third-order valence-corrected chi connectivity index (χ3v) is 27.1. The molecule has 0 spiro atoms. The first kappa shape index (κ1) is 133. The summed E-state index contributed by atoms with van der Waals surface area (Å²) < 4.78 is 272. The lowest BCUT2D eigenvalue weighted by atomic mass is 9.90. The van der Waals surface area contributed by atoms with E-state index in [9.17, 15) is 108 Å². The average Bonchev–Trinajstić information content (AvgIpc) is 0.780. The summed E-state index contributed by atoms with van der Waals surface area (Å²) in [7, 11) is -13.2. The third-order valence-electron chi connectivity index (χ3n) is 21.4. The zero-order valence-electron chi connectivity index (χ0n) is 83.3. The lowest BCUT2D eigenvalue weighted by Crippen LogP contribution is -2.13. The molecule has 6 aromatic carbocycles. The minimum Gasteiger partial charge on any atom is -0.744 e. The summed E-state index contributed by atoms with van der Waals surface area (Å²) in [5.74, 6) is -4.14. The van der Waals surface area contributed by atoms with Gasteiger partial charge in [0.2, 0.25) is 34.5 Å². The number of benzene rings is 6. The first-order valence-electron chi connectivity index (χ1n) is 40.0. The molecule has 36 nitrogen and oxygen atoms in total. The molecule has 6 rings (SSSR count). The molecule has 0 radical (unpaired) electrons. The fourth-order valence-corrected chi connectivity index (χ4v) is 20.7. The molecule has 0 saturated heterocycles. The summed E-state index contributed by atoms with van der Waals surface area (Å²) >= 11 is 0. The molecule has 0 aliphatic carbocycles. The molecule has 0 aliphatic heterocycles. The van der Waals surface area contributed by atoms with E-state index >= 15 is 0 Å². The van der Waals surface area contributed by atoms with Crippen LogP contribution in [0.15, 0.2) is 29.4 Å². The molecule has 132 heavy (non-hydrogen) atoms. The number of hydrogen-bond donors (Lipinski definition) is 6. The maximum Gasteiger partial charge on any atom is 0.204 e. The quantitative estimate of drug-likeness (QED) is 0.0157. The maximum absolute atomic E-state index is 11.9. The summed E-state index contributed by atoms with van der Waals surface area (Å²) in [6.07, 6.45) is 6.26. The topological polar surface area (TPSA) is 575 Å². The summed E-state index contributed by atoms with van der Waals surface area (Å²) in [4.78, 5) is -2.37. The Morgan fingerprint density at radius 1 is 0.227 bits per heavy atom. The van der Waals surface area contributed by atoms with Crippen molar-refractivity contribution < 1.29 is 165 Å². The van der Waals surface area contributed by atoms with Crippen LogP contribution in [0.1, 0.15) is 264 Å². The van der Waals surface area contributed by atoms with Crippen LogP contribution >= 0.6 is 0 Å². The van der Waals surface area contributed by atoms with E-state index in [2.05, 4.69) is 0 Å². The standard InChI is InChI=1S/2C15H24O6S.2C14H22O6S.2C13H20O6S.6CH3/c1-6-8-10-13(20-4)12(16)14(21-5)11(9(3)7-2)15(10)22(17,18)19;1-6-8-10-11(9(3)7-2)15(22(17,18)19)14(21-5)13(20-4)12(10)16;1-6-8(3)10-13(20-5)11(15)12(19-4)9(7-2)14(10)21(16,17)18;1-6-8(3)10-9(7-2)11(15)12(19-4)13(20-5)14(10)21(16,17)18;1-6-7(2)9-12(19-5)10(14)11(18-4)8(3)13(9)20(15,16)17;1-6-7(2)9-8(3)10(14)11(18-4)12(19-5)13(9)20(15,16)17;;;;;;/h2*9,16H,6-8H2,1-5H3,(H,17,18,19);2*8,15H,6-7H2,1-5H3,(H,16,17,18);2*7,14H,6H2,1-5H3,(H,15,16,17);6*1H3/q;;;;;;6*+1/p-6. The van der Waals surface area contributed by atoms with Crippen LogP contribution in [-0.4, -0.2) is 194 Å². The number of phenolic OH excluding ortho intramolecular Hbond substituents is 6. The zero-order chi connectivity index (χ0) is 98.2. The number of phenols is 6. The number of rotatable bonds is 36. The van der Waals surface area contributed by atoms with E-state index in [4.69, 9.17) is 56.8 Å². The van der Waals surface area contributed by atoms with Gasteiger partial charge in [-0.05, 0) is 136 Å². The summed E-state index contributed by atoms with van der Waals surface area (Å²) in [6, 6.07) is 0. The first-order chi connectivity index (χ1) is 58.4. The van der Waals surface area contributed by atoms with Gasteiger partial charge in [-0.15, -0.1) is 0 Å². The fourth-order valence-electron chi connectivity index (χ4n) is 14.5. The van der Waals surface area contributed by atoms with E-state index in [0.717, 1.165) is 0 Å². The van der Waals surface area contributed by atoms with Gasteiger partial charge in [-0.2, -0.15) is 0 Å². The Kier molecular flexibility index (Phi) is 57.0. The van der Waals surface area contributed by atoms with Crippen LogP contribution < -0.4 is 56.8 Å². The van der Waals surface area contributed by atoms with E-state index < -0.39 is 75.4 Å². The molecule has 756 valence electrons. The molecular formula is C90H144O36S6. The number of aromatic hydroxyl groups is 6. The highest BCUT2D eigenvalue weighted by Crippen LogP contribution is 2.56. The SMILES string of the molecule is CCC(C)c1c(C)c(O)c(OC)c(OC)c1S(=O)(=O)[O-].CCC(C)c1c(OC)c(O)c(OC)c(C)c1S(=O)(=O)[O-].CCCc1c(O)c(OC)c(OC)c(S(=O)(=O)[O-])c1C(C)CC.CCCc1c(OC)c(O)c(OC)c(C(C)CC)c1S(=O)(=O)[O-].CCc1c(O)c(OC)c(OC)c(S(=O)(=O)[O-])c1C(C)CC.CCc1c(OC)c(O)c(OC)c(C(C)CC)c1S(=O)(=O)[O-].[CH3+].[CH3+].[CH3+].[CH3+].[CH3+].[CH3+]. The second-order valence-corrected chi connectivity index (χ2v) is 36.8. The molecule has 0 saturated carbocycles. The minimum absolute atomic E-state index is 0. The number of ether oxygens (including phenoxy) is 12. The van der Waals surface area contributed by atoms with Crippen molar-refractivity contribution >= 4 is 60.7 Å². The molecule has 0 aliphatic rings. The summed E-state index contributed by atoms with van der Waals surface area (Å²) in [5, 5.41) is 61.7. The van der Waals surface area contributed by atoms with E-state index in [0.29, 0.717) is 98.4 Å². The van der Waals surface area contributed by atoms with Crippen LogP contribution in [-0.2, 0) is 86.4 Å². The van der Waals surface area contributed by atoms with Crippen molar-refractivity contribution in [3.8, 4) is 103 Å². The fraction of sp³-hybridized carbons (Fsp3) is 0.533.